The van der Waals surface area contributed by atoms with Crippen LogP contribution in [-0.2, 0) is 4.79 Å². The molecule has 0 amide bonds. The van der Waals surface area contributed by atoms with Crippen LogP contribution in [0.5, 0.6) is 0 Å². The molecule has 102 valence electrons. The fraction of sp³-hybridized carbons (Fsp3) is 0.417. The molecule has 0 radical (unpaired) electrons. The lowest BCUT2D eigenvalue weighted by molar-refractivity contribution is -0.135. The first kappa shape index (κ1) is 13.7. The number of carboxylic acids is 1. The maximum Gasteiger partial charge on any atom is 0.323 e. The van der Waals surface area contributed by atoms with E-state index in [2.05, 4.69) is 9.97 Å². The van der Waals surface area contributed by atoms with E-state index in [-0.39, 0.29) is 6.54 Å². The first-order valence-corrected chi connectivity index (χ1v) is 6.75. The summed E-state index contributed by atoms with van der Waals surface area (Å²) < 4.78 is 0.933. The normalized spacial score (nSPS) is 11.1. The van der Waals surface area contributed by atoms with Crippen LogP contribution in [-0.4, -0.2) is 59.7 Å². The molecule has 1 N–H and O–H groups in total. The number of aromatic nitrogens is 2. The number of fused-ring (bicyclic) bond motifs is 1. The van der Waals surface area contributed by atoms with Gasteiger partial charge in [-0.05, 0) is 25.5 Å². The Kier molecular flexibility index (Phi) is 4.28. The lowest BCUT2D eigenvalue weighted by Crippen LogP contribution is -2.36. The zero-order chi connectivity index (χ0) is 13.8. The van der Waals surface area contributed by atoms with Gasteiger partial charge in [-0.15, -0.1) is 11.3 Å². The van der Waals surface area contributed by atoms with Gasteiger partial charge in [0.05, 0.1) is 10.2 Å². The number of aliphatic carboxylic acids is 1. The topological polar surface area (TPSA) is 69.6 Å². The largest absolute Gasteiger partial charge is 0.480 e. The SMILES string of the molecule is CN(C)CCN(CC(=O)O)c1ncnc2ccsc12. The van der Waals surface area contributed by atoms with Crippen molar-refractivity contribution in [2.45, 2.75) is 0 Å². The van der Waals surface area contributed by atoms with Gasteiger partial charge in [-0.1, -0.05) is 0 Å². The van der Waals surface area contributed by atoms with E-state index in [9.17, 15) is 4.79 Å². The van der Waals surface area contributed by atoms with Crippen LogP contribution in [0.15, 0.2) is 17.8 Å². The van der Waals surface area contributed by atoms with Crippen LogP contribution < -0.4 is 4.90 Å². The number of rotatable bonds is 6. The lowest BCUT2D eigenvalue weighted by Gasteiger charge is -2.23. The summed E-state index contributed by atoms with van der Waals surface area (Å²) in [7, 11) is 3.92. The van der Waals surface area contributed by atoms with Crippen molar-refractivity contribution in [2.24, 2.45) is 0 Å². The third-order valence-electron chi connectivity index (χ3n) is 2.67. The molecule has 2 rings (SSSR count). The maximum atomic E-state index is 11.0. The Morgan fingerprint density at radius 1 is 1.37 bits per heavy atom. The van der Waals surface area contributed by atoms with Gasteiger partial charge in [-0.2, -0.15) is 0 Å². The van der Waals surface area contributed by atoms with Crippen molar-refractivity contribution >= 4 is 33.3 Å². The molecule has 2 heterocycles. The molecule has 0 aliphatic rings. The minimum Gasteiger partial charge on any atom is -0.480 e. The predicted octanol–water partition coefficient (Wildman–Crippen LogP) is 1.14. The Morgan fingerprint density at radius 3 is 2.84 bits per heavy atom. The quantitative estimate of drug-likeness (QED) is 0.856. The first-order valence-electron chi connectivity index (χ1n) is 5.87. The highest BCUT2D eigenvalue weighted by Gasteiger charge is 2.16. The summed E-state index contributed by atoms with van der Waals surface area (Å²) in [6.07, 6.45) is 1.48. The molecule has 0 atom stereocenters. The Hall–Kier alpha value is -1.73. The minimum atomic E-state index is -0.859. The molecule has 0 aromatic carbocycles. The van der Waals surface area contributed by atoms with Crippen LogP contribution in [0, 0.1) is 0 Å². The summed E-state index contributed by atoms with van der Waals surface area (Å²) in [5.74, 6) is -0.161. The summed E-state index contributed by atoms with van der Waals surface area (Å²) in [5.41, 5.74) is 0.857. The van der Waals surface area contributed by atoms with Gasteiger partial charge in [0, 0.05) is 13.1 Å². The van der Waals surface area contributed by atoms with Crippen LogP contribution >= 0.6 is 11.3 Å². The Bertz CT molecular complexity index is 570. The summed E-state index contributed by atoms with van der Waals surface area (Å²) in [6.45, 7) is 1.32. The molecule has 7 heteroatoms. The number of anilines is 1. The second-order valence-electron chi connectivity index (χ2n) is 4.45. The summed E-state index contributed by atoms with van der Waals surface area (Å²) in [5, 5.41) is 11.0. The molecule has 0 bridgehead atoms. The zero-order valence-electron chi connectivity index (χ0n) is 10.9. The third kappa shape index (κ3) is 3.39. The number of hydrogen-bond donors (Lipinski definition) is 1. The van der Waals surface area contributed by atoms with Crippen LogP contribution in [0.3, 0.4) is 0 Å². The standard InChI is InChI=1S/C12H16N4O2S/c1-15(2)4-5-16(7-10(17)18)12-11-9(3-6-19-11)13-8-14-12/h3,6,8H,4-5,7H2,1-2H3,(H,17,18). The van der Waals surface area contributed by atoms with E-state index in [0.29, 0.717) is 12.4 Å². The second-order valence-corrected chi connectivity index (χ2v) is 5.37. The van der Waals surface area contributed by atoms with Gasteiger partial charge >= 0.3 is 5.97 Å². The molecule has 2 aromatic rings. The fourth-order valence-electron chi connectivity index (χ4n) is 1.74. The number of likely N-dealkylation sites (N-methyl/N-ethyl adjacent to an activating group) is 1. The van der Waals surface area contributed by atoms with Crippen molar-refractivity contribution < 1.29 is 9.90 Å². The average Bonchev–Trinajstić information content (AvgIpc) is 2.81. The average molecular weight is 280 g/mol. The first-order chi connectivity index (χ1) is 9.08. The molecule has 19 heavy (non-hydrogen) atoms. The molecule has 6 nitrogen and oxygen atoms in total. The predicted molar refractivity (Wildman–Crippen MR) is 75.8 cm³/mol. The minimum absolute atomic E-state index is 0.0577. The van der Waals surface area contributed by atoms with Crippen molar-refractivity contribution in [1.82, 2.24) is 14.9 Å². The molecule has 0 spiro atoms. The molecule has 0 fully saturated rings. The van der Waals surface area contributed by atoms with Crippen LogP contribution in [0.25, 0.3) is 10.2 Å². The van der Waals surface area contributed by atoms with Gasteiger partial charge in [0.15, 0.2) is 5.82 Å². The van der Waals surface area contributed by atoms with E-state index in [1.807, 2.05) is 30.4 Å². The number of carbonyl (C=O) groups is 1. The van der Waals surface area contributed by atoms with Crippen LogP contribution in [0.2, 0.25) is 0 Å². The highest BCUT2D eigenvalue weighted by Crippen LogP contribution is 2.27. The van der Waals surface area contributed by atoms with Crippen molar-refractivity contribution in [3.8, 4) is 0 Å². The fourth-order valence-corrected chi connectivity index (χ4v) is 2.61. The van der Waals surface area contributed by atoms with Gasteiger partial charge in [-0.3, -0.25) is 4.79 Å². The number of thiophene rings is 1. The monoisotopic (exact) mass is 280 g/mol. The van der Waals surface area contributed by atoms with Gasteiger partial charge in [-0.25, -0.2) is 9.97 Å². The van der Waals surface area contributed by atoms with Gasteiger partial charge in [0.2, 0.25) is 0 Å². The van der Waals surface area contributed by atoms with E-state index in [4.69, 9.17) is 5.11 Å². The lowest BCUT2D eigenvalue weighted by atomic mass is 10.4. The Morgan fingerprint density at radius 2 is 2.16 bits per heavy atom. The van der Waals surface area contributed by atoms with E-state index in [1.165, 1.54) is 17.7 Å². The summed E-state index contributed by atoms with van der Waals surface area (Å²) in [4.78, 5) is 23.2. The van der Waals surface area contributed by atoms with Crippen molar-refractivity contribution in [3.05, 3.63) is 17.8 Å². The van der Waals surface area contributed by atoms with Crippen LogP contribution in [0.4, 0.5) is 5.82 Å². The zero-order valence-corrected chi connectivity index (χ0v) is 11.7. The Balaban J connectivity index is 2.30. The number of hydrogen-bond acceptors (Lipinski definition) is 6. The van der Waals surface area contributed by atoms with Crippen LogP contribution in [0.1, 0.15) is 0 Å². The smallest absolute Gasteiger partial charge is 0.323 e. The maximum absolute atomic E-state index is 11.0. The molecule has 0 saturated carbocycles. The molecule has 0 unspecified atom stereocenters. The molecule has 0 aliphatic heterocycles. The highest BCUT2D eigenvalue weighted by molar-refractivity contribution is 7.17. The van der Waals surface area contributed by atoms with Gasteiger partial charge < -0.3 is 14.9 Å². The van der Waals surface area contributed by atoms with E-state index in [1.54, 1.807) is 4.90 Å². The van der Waals surface area contributed by atoms with E-state index in [0.717, 1.165) is 16.8 Å². The van der Waals surface area contributed by atoms with Crippen molar-refractivity contribution in [2.75, 3.05) is 38.6 Å². The summed E-state index contributed by atoms with van der Waals surface area (Å²) in [6, 6.07) is 1.91. The van der Waals surface area contributed by atoms with E-state index >= 15 is 0 Å². The van der Waals surface area contributed by atoms with Gasteiger partial charge in [0.1, 0.15) is 12.9 Å². The molecular formula is C12H16N4O2S. The van der Waals surface area contributed by atoms with E-state index < -0.39 is 5.97 Å². The second kappa shape index (κ2) is 5.94. The molecule has 2 aromatic heterocycles. The highest BCUT2D eigenvalue weighted by atomic mass is 32.1. The third-order valence-corrected chi connectivity index (χ3v) is 3.57. The van der Waals surface area contributed by atoms with Gasteiger partial charge in [0.25, 0.3) is 0 Å². The number of nitrogens with zero attached hydrogens (tertiary/aromatic N) is 4. The molecule has 0 saturated heterocycles. The summed E-state index contributed by atoms with van der Waals surface area (Å²) >= 11 is 1.53. The number of carboxylic acid groups (broad SMARTS) is 1. The Labute approximate surface area is 115 Å². The van der Waals surface area contributed by atoms with Crippen molar-refractivity contribution in [3.63, 3.8) is 0 Å². The molecular weight excluding hydrogens is 264 g/mol. The van der Waals surface area contributed by atoms with Crippen molar-refractivity contribution in [1.29, 1.82) is 0 Å². The molecule has 0 aliphatic carbocycles.